The van der Waals surface area contributed by atoms with Gasteiger partial charge in [-0.25, -0.2) is 4.79 Å². The highest BCUT2D eigenvalue weighted by atomic mass is 16.6. The average molecular weight is 604 g/mol. The number of carbonyl (C=O) groups excluding carboxylic acids is 3. The van der Waals surface area contributed by atoms with Crippen LogP contribution in [0.4, 0.5) is 4.79 Å². The van der Waals surface area contributed by atoms with E-state index in [9.17, 15) is 24.6 Å². The number of allylic oxidation sites excluding steroid dienone is 3. The first-order valence-electron chi connectivity index (χ1n) is 15.9. The molecule has 3 aliphatic rings. The van der Waals surface area contributed by atoms with E-state index >= 15 is 0 Å². The van der Waals surface area contributed by atoms with Crippen LogP contribution in [-0.4, -0.2) is 113 Å². The fraction of sp³-hybridized carbons (Fsp3) is 0.727. The number of aliphatic hydroxyl groups excluding tert-OH is 1. The SMILES string of the molecule is C/C(=C\C=C\[C@@H](C)CCC(=O)N1CCCC1)[C@H]1OC(=O)C[C@H](O)CC[C@@](C)(O)[C@@H](OC(=O)N2CCN(C)CC2)/C=C/[C@@H]1C. The molecule has 2 N–H and O–H groups in total. The monoisotopic (exact) mass is 603 g/mol. The van der Waals surface area contributed by atoms with Crippen LogP contribution in [0.2, 0.25) is 0 Å². The molecule has 0 aromatic carbocycles. The summed E-state index contributed by atoms with van der Waals surface area (Å²) < 4.78 is 11.7. The summed E-state index contributed by atoms with van der Waals surface area (Å²) in [4.78, 5) is 43.9. The minimum atomic E-state index is -1.45. The topological polar surface area (TPSA) is 120 Å². The Morgan fingerprint density at radius 2 is 1.81 bits per heavy atom. The van der Waals surface area contributed by atoms with Crippen LogP contribution in [-0.2, 0) is 19.1 Å². The normalized spacial score (nSPS) is 31.7. The van der Waals surface area contributed by atoms with Gasteiger partial charge in [0.2, 0.25) is 5.91 Å². The quantitative estimate of drug-likeness (QED) is 0.257. The Labute approximate surface area is 257 Å². The van der Waals surface area contributed by atoms with Crippen molar-refractivity contribution in [3.8, 4) is 0 Å². The number of amides is 2. The van der Waals surface area contributed by atoms with Gasteiger partial charge in [-0.2, -0.15) is 0 Å². The molecule has 3 aliphatic heterocycles. The van der Waals surface area contributed by atoms with E-state index in [1.54, 1.807) is 17.9 Å². The number of rotatable bonds is 7. The second-order valence-corrected chi connectivity index (χ2v) is 12.9. The molecule has 0 aliphatic carbocycles. The largest absolute Gasteiger partial charge is 0.457 e. The lowest BCUT2D eigenvalue weighted by Gasteiger charge is -2.36. The molecule has 43 heavy (non-hydrogen) atoms. The van der Waals surface area contributed by atoms with Gasteiger partial charge in [-0.05, 0) is 70.6 Å². The van der Waals surface area contributed by atoms with Gasteiger partial charge in [-0.15, -0.1) is 0 Å². The van der Waals surface area contributed by atoms with Crippen molar-refractivity contribution in [1.29, 1.82) is 0 Å². The summed E-state index contributed by atoms with van der Waals surface area (Å²) in [5.74, 6) is -0.387. The minimum Gasteiger partial charge on any atom is -0.457 e. The molecular formula is C33H53N3O7. The zero-order chi connectivity index (χ0) is 31.6. The molecule has 0 aromatic heterocycles. The van der Waals surface area contributed by atoms with Gasteiger partial charge < -0.3 is 34.4 Å². The highest BCUT2D eigenvalue weighted by molar-refractivity contribution is 5.76. The summed E-state index contributed by atoms with van der Waals surface area (Å²) in [7, 11) is 2.00. The van der Waals surface area contributed by atoms with Crippen LogP contribution in [0, 0.1) is 11.8 Å². The molecule has 3 heterocycles. The Bertz CT molecular complexity index is 1030. The molecule has 0 aromatic rings. The fourth-order valence-corrected chi connectivity index (χ4v) is 5.69. The van der Waals surface area contributed by atoms with Crippen LogP contribution < -0.4 is 0 Å². The van der Waals surface area contributed by atoms with Crippen LogP contribution in [0.15, 0.2) is 36.0 Å². The van der Waals surface area contributed by atoms with Crippen molar-refractivity contribution < 1.29 is 34.1 Å². The summed E-state index contributed by atoms with van der Waals surface area (Å²) in [6, 6.07) is 0. The third-order valence-corrected chi connectivity index (χ3v) is 8.83. The Balaban J connectivity index is 1.71. The molecule has 2 fully saturated rings. The first-order chi connectivity index (χ1) is 20.4. The molecule has 2 amide bonds. The zero-order valence-electron chi connectivity index (χ0n) is 26.7. The van der Waals surface area contributed by atoms with Gasteiger partial charge in [0.05, 0.1) is 12.5 Å². The molecule has 0 unspecified atom stereocenters. The maximum Gasteiger partial charge on any atom is 0.410 e. The van der Waals surface area contributed by atoms with Gasteiger partial charge in [0.1, 0.15) is 11.7 Å². The molecule has 3 rings (SSSR count). The number of hydrogen-bond donors (Lipinski definition) is 2. The maximum absolute atomic E-state index is 13.0. The smallest absolute Gasteiger partial charge is 0.410 e. The van der Waals surface area contributed by atoms with Crippen molar-refractivity contribution in [2.75, 3.05) is 46.3 Å². The van der Waals surface area contributed by atoms with Crippen LogP contribution >= 0.6 is 0 Å². The predicted molar refractivity (Wildman–Crippen MR) is 165 cm³/mol. The van der Waals surface area contributed by atoms with E-state index in [0.29, 0.717) is 19.5 Å². The number of cyclic esters (lactones) is 1. The van der Waals surface area contributed by atoms with E-state index in [1.165, 1.54) is 0 Å². The molecule has 242 valence electrons. The molecule has 2 saturated heterocycles. The number of piperazine rings is 1. The third kappa shape index (κ3) is 11.1. The molecule has 6 atom stereocenters. The van der Waals surface area contributed by atoms with Gasteiger partial charge in [-0.1, -0.05) is 38.2 Å². The van der Waals surface area contributed by atoms with Crippen molar-refractivity contribution in [2.24, 2.45) is 11.8 Å². The van der Waals surface area contributed by atoms with Gasteiger partial charge in [0.15, 0.2) is 6.10 Å². The lowest BCUT2D eigenvalue weighted by Crippen LogP contribution is -2.50. The van der Waals surface area contributed by atoms with Crippen molar-refractivity contribution >= 4 is 18.0 Å². The number of carbonyl (C=O) groups is 3. The molecule has 0 spiro atoms. The summed E-state index contributed by atoms with van der Waals surface area (Å²) in [5.41, 5.74) is -0.635. The van der Waals surface area contributed by atoms with E-state index in [0.717, 1.165) is 51.0 Å². The van der Waals surface area contributed by atoms with E-state index in [4.69, 9.17) is 9.47 Å². The average Bonchev–Trinajstić information content (AvgIpc) is 3.50. The van der Waals surface area contributed by atoms with Gasteiger partial charge >= 0.3 is 12.1 Å². The highest BCUT2D eigenvalue weighted by Crippen LogP contribution is 2.27. The van der Waals surface area contributed by atoms with Crippen molar-refractivity contribution in [2.45, 2.75) is 96.6 Å². The Morgan fingerprint density at radius 1 is 1.14 bits per heavy atom. The Kier molecular flexibility index (Phi) is 13.3. The van der Waals surface area contributed by atoms with Gasteiger partial charge in [0, 0.05) is 51.6 Å². The highest BCUT2D eigenvalue weighted by Gasteiger charge is 2.36. The van der Waals surface area contributed by atoms with Gasteiger partial charge in [-0.3, -0.25) is 9.59 Å². The van der Waals surface area contributed by atoms with Crippen LogP contribution in [0.5, 0.6) is 0 Å². The number of esters is 1. The molecule has 0 saturated carbocycles. The molecule has 10 nitrogen and oxygen atoms in total. The first-order valence-corrected chi connectivity index (χ1v) is 15.9. The zero-order valence-corrected chi connectivity index (χ0v) is 26.7. The van der Waals surface area contributed by atoms with Crippen LogP contribution in [0.25, 0.3) is 0 Å². The fourth-order valence-electron chi connectivity index (χ4n) is 5.69. The summed E-state index contributed by atoms with van der Waals surface area (Å²) >= 11 is 0. The van der Waals surface area contributed by atoms with Crippen molar-refractivity contribution in [3.63, 3.8) is 0 Å². The summed E-state index contributed by atoms with van der Waals surface area (Å²) in [6.07, 6.45) is 9.90. The predicted octanol–water partition coefficient (Wildman–Crippen LogP) is 3.68. The summed E-state index contributed by atoms with van der Waals surface area (Å²) in [6.45, 7) is 11.8. The van der Waals surface area contributed by atoms with E-state index in [1.807, 2.05) is 50.1 Å². The first kappa shape index (κ1) is 34.8. The Morgan fingerprint density at radius 3 is 2.49 bits per heavy atom. The van der Waals surface area contributed by atoms with E-state index < -0.39 is 36.0 Å². The number of hydrogen-bond acceptors (Lipinski definition) is 8. The Hall–Kier alpha value is -2.69. The standard InChI is InChI=1S/C33H53N3O7/c1-24(11-14-29(38)35-17-6-7-18-35)9-8-10-25(2)31-26(3)12-13-28(42-32(40)36-21-19-34(5)20-22-36)33(4,41)16-15-27(37)23-30(39)43-31/h8-10,12-13,24,26-28,31,37,41H,6-7,11,14-23H2,1-5H3/b9-8+,13-12+,25-10+/t24-,26+,27-,28+,31-,33-/m1/s1. The van der Waals surface area contributed by atoms with Gasteiger partial charge in [0.25, 0.3) is 0 Å². The van der Waals surface area contributed by atoms with Crippen molar-refractivity contribution in [3.05, 3.63) is 36.0 Å². The molecule has 0 bridgehead atoms. The van der Waals surface area contributed by atoms with Crippen LogP contribution in [0.1, 0.15) is 72.6 Å². The molecule has 0 radical (unpaired) electrons. The number of nitrogens with zero attached hydrogens (tertiary/aromatic N) is 3. The molecular weight excluding hydrogens is 550 g/mol. The lowest BCUT2D eigenvalue weighted by atomic mass is 9.88. The minimum absolute atomic E-state index is 0.135. The third-order valence-electron chi connectivity index (χ3n) is 8.83. The second-order valence-electron chi connectivity index (χ2n) is 12.9. The van der Waals surface area contributed by atoms with E-state index in [-0.39, 0.29) is 37.0 Å². The van der Waals surface area contributed by atoms with Crippen molar-refractivity contribution in [1.82, 2.24) is 14.7 Å². The number of likely N-dealkylation sites (N-methyl/N-ethyl adjacent to an activating group) is 1. The maximum atomic E-state index is 13.0. The number of likely N-dealkylation sites (tertiary alicyclic amines) is 1. The lowest BCUT2D eigenvalue weighted by molar-refractivity contribution is -0.151. The van der Waals surface area contributed by atoms with Crippen LogP contribution in [0.3, 0.4) is 0 Å². The van der Waals surface area contributed by atoms with E-state index in [2.05, 4.69) is 11.8 Å². The molecule has 10 heteroatoms. The summed E-state index contributed by atoms with van der Waals surface area (Å²) in [5, 5.41) is 21.9. The second kappa shape index (κ2) is 16.4. The number of ether oxygens (including phenoxy) is 2. The number of aliphatic hydroxyl groups is 2.